The molecule has 2 amide bonds. The fourth-order valence-corrected chi connectivity index (χ4v) is 3.13. The van der Waals surface area contributed by atoms with Crippen LogP contribution in [0.1, 0.15) is 44.6 Å². The van der Waals surface area contributed by atoms with E-state index in [1.807, 2.05) is 17.9 Å². The van der Waals surface area contributed by atoms with Crippen LogP contribution in [-0.2, 0) is 4.74 Å². The Bertz CT molecular complexity index is 464. The molecule has 23 heavy (non-hydrogen) atoms. The number of likely N-dealkylation sites (tertiary alicyclic amines) is 1. The van der Waals surface area contributed by atoms with E-state index in [1.54, 1.807) is 0 Å². The van der Waals surface area contributed by atoms with Gasteiger partial charge in [0.25, 0.3) is 0 Å². The predicted octanol–water partition coefficient (Wildman–Crippen LogP) is 3.64. The Kier molecular flexibility index (Phi) is 7.40. The maximum absolute atomic E-state index is 12.3. The maximum atomic E-state index is 12.3. The van der Waals surface area contributed by atoms with E-state index in [9.17, 15) is 4.79 Å². The van der Waals surface area contributed by atoms with Crippen molar-refractivity contribution in [2.75, 3.05) is 32.8 Å². The maximum Gasteiger partial charge on any atom is 0.317 e. The monoisotopic (exact) mass is 318 g/mol. The molecule has 0 aromatic heterocycles. The standard InChI is InChI=1S/C19H30N2O2/c1-3-23-15-17-8-7-13-21(14-17)19(22)20-12-11-16(2)18-9-5-4-6-10-18/h4-6,9-10,16-17H,3,7-8,11-15H2,1-2H3,(H,20,22). The van der Waals surface area contributed by atoms with E-state index < -0.39 is 0 Å². The van der Waals surface area contributed by atoms with E-state index in [2.05, 4.69) is 36.5 Å². The van der Waals surface area contributed by atoms with Crippen LogP contribution >= 0.6 is 0 Å². The van der Waals surface area contributed by atoms with Gasteiger partial charge in [0.05, 0.1) is 6.61 Å². The topological polar surface area (TPSA) is 41.6 Å². The van der Waals surface area contributed by atoms with E-state index in [4.69, 9.17) is 4.74 Å². The quantitative estimate of drug-likeness (QED) is 0.834. The van der Waals surface area contributed by atoms with Crippen LogP contribution in [0.15, 0.2) is 30.3 Å². The Balaban J connectivity index is 1.70. The highest BCUT2D eigenvalue weighted by Crippen LogP contribution is 2.19. The highest BCUT2D eigenvalue weighted by Gasteiger charge is 2.23. The number of nitrogens with one attached hydrogen (secondary N) is 1. The van der Waals surface area contributed by atoms with Gasteiger partial charge in [-0.2, -0.15) is 0 Å². The minimum Gasteiger partial charge on any atom is -0.381 e. The number of amides is 2. The SMILES string of the molecule is CCOCC1CCCN(C(=O)NCCC(C)c2ccccc2)C1. The third kappa shape index (κ3) is 5.87. The summed E-state index contributed by atoms with van der Waals surface area (Å²) in [4.78, 5) is 14.3. The normalized spacial score (nSPS) is 19.4. The summed E-state index contributed by atoms with van der Waals surface area (Å²) in [6.07, 6.45) is 3.20. The van der Waals surface area contributed by atoms with Gasteiger partial charge in [-0.15, -0.1) is 0 Å². The van der Waals surface area contributed by atoms with Crippen LogP contribution in [-0.4, -0.2) is 43.8 Å². The molecule has 0 saturated carbocycles. The molecule has 1 fully saturated rings. The average Bonchev–Trinajstić information content (AvgIpc) is 2.60. The molecule has 4 nitrogen and oxygen atoms in total. The highest BCUT2D eigenvalue weighted by molar-refractivity contribution is 5.74. The van der Waals surface area contributed by atoms with Gasteiger partial charge >= 0.3 is 6.03 Å². The van der Waals surface area contributed by atoms with E-state index in [-0.39, 0.29) is 6.03 Å². The zero-order valence-electron chi connectivity index (χ0n) is 14.5. The van der Waals surface area contributed by atoms with Crippen LogP contribution in [0.5, 0.6) is 0 Å². The molecule has 1 aromatic rings. The number of nitrogens with zero attached hydrogens (tertiary/aromatic N) is 1. The molecule has 1 N–H and O–H groups in total. The molecule has 0 radical (unpaired) electrons. The lowest BCUT2D eigenvalue weighted by Gasteiger charge is -2.32. The number of hydrogen-bond donors (Lipinski definition) is 1. The van der Waals surface area contributed by atoms with Crippen LogP contribution in [0.2, 0.25) is 0 Å². The van der Waals surface area contributed by atoms with Gasteiger partial charge in [0.2, 0.25) is 0 Å². The van der Waals surface area contributed by atoms with Crippen molar-refractivity contribution in [2.24, 2.45) is 5.92 Å². The molecular weight excluding hydrogens is 288 g/mol. The Morgan fingerprint density at radius 2 is 2.17 bits per heavy atom. The number of rotatable bonds is 7. The second-order valence-corrected chi connectivity index (χ2v) is 6.45. The molecule has 2 unspecified atom stereocenters. The Hall–Kier alpha value is -1.55. The summed E-state index contributed by atoms with van der Waals surface area (Å²) in [5.74, 6) is 0.946. The third-order valence-electron chi connectivity index (χ3n) is 4.59. The van der Waals surface area contributed by atoms with Gasteiger partial charge in [-0.25, -0.2) is 4.79 Å². The van der Waals surface area contributed by atoms with Gasteiger partial charge in [-0.05, 0) is 37.7 Å². The van der Waals surface area contributed by atoms with Crippen molar-refractivity contribution in [3.8, 4) is 0 Å². The van der Waals surface area contributed by atoms with Crippen molar-refractivity contribution in [1.29, 1.82) is 0 Å². The molecule has 128 valence electrons. The van der Waals surface area contributed by atoms with Gasteiger partial charge < -0.3 is 15.0 Å². The number of piperidine rings is 1. The van der Waals surface area contributed by atoms with E-state index in [0.29, 0.717) is 11.8 Å². The van der Waals surface area contributed by atoms with Crippen molar-refractivity contribution in [2.45, 2.75) is 39.0 Å². The van der Waals surface area contributed by atoms with Gasteiger partial charge in [-0.1, -0.05) is 37.3 Å². The van der Waals surface area contributed by atoms with Crippen molar-refractivity contribution in [3.05, 3.63) is 35.9 Å². The van der Waals surface area contributed by atoms with Crippen molar-refractivity contribution >= 4 is 6.03 Å². The molecule has 1 aliphatic rings. The van der Waals surface area contributed by atoms with Crippen LogP contribution in [0.4, 0.5) is 4.79 Å². The summed E-state index contributed by atoms with van der Waals surface area (Å²) >= 11 is 0. The first-order chi connectivity index (χ1) is 11.2. The lowest BCUT2D eigenvalue weighted by atomic mass is 9.98. The average molecular weight is 318 g/mol. The summed E-state index contributed by atoms with van der Waals surface area (Å²) < 4.78 is 5.50. The molecule has 0 bridgehead atoms. The second-order valence-electron chi connectivity index (χ2n) is 6.45. The number of hydrogen-bond acceptors (Lipinski definition) is 2. The summed E-state index contributed by atoms with van der Waals surface area (Å²) in [6, 6.07) is 10.5. The molecule has 0 aliphatic carbocycles. The lowest BCUT2D eigenvalue weighted by Crippen LogP contribution is -2.46. The van der Waals surface area contributed by atoms with Gasteiger partial charge in [0.15, 0.2) is 0 Å². The van der Waals surface area contributed by atoms with Crippen molar-refractivity contribution < 1.29 is 9.53 Å². The first-order valence-electron chi connectivity index (χ1n) is 8.86. The number of carbonyl (C=O) groups excluding carboxylic acids is 1. The smallest absolute Gasteiger partial charge is 0.317 e. The van der Waals surface area contributed by atoms with Crippen molar-refractivity contribution in [1.82, 2.24) is 10.2 Å². The van der Waals surface area contributed by atoms with Gasteiger partial charge in [-0.3, -0.25) is 0 Å². The minimum absolute atomic E-state index is 0.0754. The first kappa shape index (κ1) is 17.8. The van der Waals surface area contributed by atoms with Crippen LogP contribution in [0, 0.1) is 5.92 Å². The van der Waals surface area contributed by atoms with E-state index in [0.717, 1.165) is 52.1 Å². The van der Waals surface area contributed by atoms with Crippen LogP contribution in [0.3, 0.4) is 0 Å². The van der Waals surface area contributed by atoms with Gasteiger partial charge in [0, 0.05) is 32.2 Å². The van der Waals surface area contributed by atoms with Crippen LogP contribution < -0.4 is 5.32 Å². The fraction of sp³-hybridized carbons (Fsp3) is 0.632. The van der Waals surface area contributed by atoms with Gasteiger partial charge in [0.1, 0.15) is 0 Å². The summed E-state index contributed by atoms with van der Waals surface area (Å²) in [5, 5.41) is 3.08. The predicted molar refractivity (Wildman–Crippen MR) is 93.7 cm³/mol. The zero-order valence-corrected chi connectivity index (χ0v) is 14.5. The molecule has 2 rings (SSSR count). The molecule has 1 heterocycles. The highest BCUT2D eigenvalue weighted by atomic mass is 16.5. The zero-order chi connectivity index (χ0) is 16.5. The molecule has 2 atom stereocenters. The Morgan fingerprint density at radius 3 is 2.91 bits per heavy atom. The molecule has 1 aromatic carbocycles. The number of ether oxygens (including phenoxy) is 1. The summed E-state index contributed by atoms with van der Waals surface area (Å²) in [5.41, 5.74) is 1.33. The number of benzene rings is 1. The summed E-state index contributed by atoms with van der Waals surface area (Å²) in [6.45, 7) is 8.15. The lowest BCUT2D eigenvalue weighted by molar-refractivity contribution is 0.0756. The molecule has 4 heteroatoms. The van der Waals surface area contributed by atoms with E-state index >= 15 is 0 Å². The summed E-state index contributed by atoms with van der Waals surface area (Å²) in [7, 11) is 0. The number of urea groups is 1. The van der Waals surface area contributed by atoms with Crippen molar-refractivity contribution in [3.63, 3.8) is 0 Å². The minimum atomic E-state index is 0.0754. The largest absolute Gasteiger partial charge is 0.381 e. The van der Waals surface area contributed by atoms with Crippen LogP contribution in [0.25, 0.3) is 0 Å². The molecule has 0 spiro atoms. The Labute approximate surface area is 140 Å². The fourth-order valence-electron chi connectivity index (χ4n) is 3.13. The first-order valence-corrected chi connectivity index (χ1v) is 8.86. The number of carbonyl (C=O) groups is 1. The third-order valence-corrected chi connectivity index (χ3v) is 4.59. The Morgan fingerprint density at radius 1 is 1.39 bits per heavy atom. The molecule has 1 aliphatic heterocycles. The molecular formula is C19H30N2O2. The second kappa shape index (κ2) is 9.56. The molecule has 1 saturated heterocycles. The van der Waals surface area contributed by atoms with E-state index in [1.165, 1.54) is 5.56 Å².